The number of benzene rings is 2. The summed E-state index contributed by atoms with van der Waals surface area (Å²) < 4.78 is 21.2. The Labute approximate surface area is 170 Å². The van der Waals surface area contributed by atoms with Crippen molar-refractivity contribution < 1.29 is 28.6 Å². The number of amides is 1. The van der Waals surface area contributed by atoms with Crippen molar-refractivity contribution in [3.05, 3.63) is 47.5 Å². The van der Waals surface area contributed by atoms with Crippen LogP contribution in [0.2, 0.25) is 0 Å². The van der Waals surface area contributed by atoms with Crippen molar-refractivity contribution in [2.24, 2.45) is 5.16 Å². The van der Waals surface area contributed by atoms with Crippen LogP contribution >= 0.6 is 0 Å². The van der Waals surface area contributed by atoms with Crippen LogP contribution in [0.15, 0.2) is 41.6 Å². The highest BCUT2D eigenvalue weighted by molar-refractivity contribution is 5.81. The summed E-state index contributed by atoms with van der Waals surface area (Å²) in [5.41, 5.74) is 1.64. The Balaban J connectivity index is 1.81. The van der Waals surface area contributed by atoms with Crippen LogP contribution in [0.3, 0.4) is 0 Å². The Morgan fingerprint density at radius 2 is 1.66 bits per heavy atom. The maximum Gasteiger partial charge on any atom is 0.261 e. The summed E-state index contributed by atoms with van der Waals surface area (Å²) in [6, 6.07) is 10.8. The zero-order valence-corrected chi connectivity index (χ0v) is 17.1. The predicted molar refractivity (Wildman–Crippen MR) is 109 cm³/mol. The first-order valence-electron chi connectivity index (χ1n) is 9.05. The quantitative estimate of drug-likeness (QED) is 0.459. The van der Waals surface area contributed by atoms with Gasteiger partial charge < -0.3 is 29.1 Å². The molecule has 2 aromatic rings. The number of nitrogens with zero attached hydrogens (tertiary/aromatic N) is 1. The predicted octanol–water partition coefficient (Wildman–Crippen LogP) is 2.78. The van der Waals surface area contributed by atoms with Crippen LogP contribution in [0.25, 0.3) is 0 Å². The highest BCUT2D eigenvalue weighted by atomic mass is 16.6. The van der Waals surface area contributed by atoms with Gasteiger partial charge in [-0.05, 0) is 42.8 Å². The fourth-order valence-corrected chi connectivity index (χ4v) is 2.48. The van der Waals surface area contributed by atoms with Crippen LogP contribution < -0.4 is 24.3 Å². The van der Waals surface area contributed by atoms with Crippen LogP contribution in [0.5, 0.6) is 23.0 Å². The van der Waals surface area contributed by atoms with Crippen molar-refractivity contribution in [2.75, 3.05) is 34.5 Å². The van der Waals surface area contributed by atoms with E-state index in [9.17, 15) is 4.79 Å². The van der Waals surface area contributed by atoms with Crippen molar-refractivity contribution in [1.82, 2.24) is 5.32 Å². The summed E-state index contributed by atoms with van der Waals surface area (Å²) in [7, 11) is 4.70. The normalized spacial score (nSPS) is 10.5. The fraction of sp³-hybridized carbons (Fsp3) is 0.333. The van der Waals surface area contributed by atoms with Gasteiger partial charge in [0.1, 0.15) is 0 Å². The average Bonchev–Trinajstić information content (AvgIpc) is 2.75. The largest absolute Gasteiger partial charge is 0.493 e. The number of carbonyl (C=O) groups is 1. The SMILES string of the molecule is CCOc1ccc(/C=N/OCC(=O)NCc2ccc(OC)c(OC)c2)cc1OC. The lowest BCUT2D eigenvalue weighted by Crippen LogP contribution is -2.26. The van der Waals surface area contributed by atoms with Crippen LogP contribution in [-0.4, -0.2) is 46.7 Å². The number of oxime groups is 1. The van der Waals surface area contributed by atoms with Gasteiger partial charge >= 0.3 is 0 Å². The molecule has 156 valence electrons. The minimum absolute atomic E-state index is 0.196. The minimum Gasteiger partial charge on any atom is -0.493 e. The van der Waals surface area contributed by atoms with Crippen LogP contribution in [0, 0.1) is 0 Å². The van der Waals surface area contributed by atoms with E-state index in [-0.39, 0.29) is 12.5 Å². The molecule has 1 amide bonds. The molecule has 1 N–H and O–H groups in total. The van der Waals surface area contributed by atoms with Crippen molar-refractivity contribution in [3.63, 3.8) is 0 Å². The molecule has 0 bridgehead atoms. The Hall–Kier alpha value is -3.42. The van der Waals surface area contributed by atoms with E-state index in [0.717, 1.165) is 11.1 Å². The highest BCUT2D eigenvalue weighted by Crippen LogP contribution is 2.28. The van der Waals surface area contributed by atoms with Crippen molar-refractivity contribution >= 4 is 12.1 Å². The zero-order chi connectivity index (χ0) is 21.1. The molecule has 2 aromatic carbocycles. The van der Waals surface area contributed by atoms with E-state index >= 15 is 0 Å². The van der Waals surface area contributed by atoms with Gasteiger partial charge in [0.2, 0.25) is 0 Å². The lowest BCUT2D eigenvalue weighted by Gasteiger charge is -2.10. The van der Waals surface area contributed by atoms with E-state index in [2.05, 4.69) is 10.5 Å². The molecule has 0 fully saturated rings. The van der Waals surface area contributed by atoms with E-state index in [1.165, 1.54) is 6.21 Å². The highest BCUT2D eigenvalue weighted by Gasteiger charge is 2.07. The topological polar surface area (TPSA) is 87.6 Å². The lowest BCUT2D eigenvalue weighted by atomic mass is 10.2. The van der Waals surface area contributed by atoms with Gasteiger partial charge in [0.25, 0.3) is 5.91 Å². The molecule has 8 heteroatoms. The van der Waals surface area contributed by atoms with Crippen LogP contribution in [0.1, 0.15) is 18.1 Å². The third-order valence-electron chi connectivity index (χ3n) is 3.90. The molecule has 0 saturated carbocycles. The summed E-state index contributed by atoms with van der Waals surface area (Å²) in [4.78, 5) is 17.0. The van der Waals surface area contributed by atoms with Crippen molar-refractivity contribution in [3.8, 4) is 23.0 Å². The molecule has 0 aliphatic carbocycles. The second-order valence-corrected chi connectivity index (χ2v) is 5.82. The minimum atomic E-state index is -0.291. The first-order valence-corrected chi connectivity index (χ1v) is 9.05. The summed E-state index contributed by atoms with van der Waals surface area (Å²) in [6.45, 7) is 2.59. The molecule has 0 radical (unpaired) electrons. The van der Waals surface area contributed by atoms with E-state index in [1.54, 1.807) is 45.6 Å². The Morgan fingerprint density at radius 3 is 2.34 bits per heavy atom. The summed E-state index contributed by atoms with van der Waals surface area (Å²) in [6.07, 6.45) is 1.50. The first kappa shape index (κ1) is 21.9. The third kappa shape index (κ3) is 6.60. The van der Waals surface area contributed by atoms with Gasteiger partial charge in [-0.15, -0.1) is 0 Å². The van der Waals surface area contributed by atoms with Gasteiger partial charge in [0.05, 0.1) is 34.2 Å². The molecule has 0 unspecified atom stereocenters. The second-order valence-electron chi connectivity index (χ2n) is 5.82. The van der Waals surface area contributed by atoms with Crippen molar-refractivity contribution in [2.45, 2.75) is 13.5 Å². The zero-order valence-electron chi connectivity index (χ0n) is 17.1. The molecular weight excluding hydrogens is 376 g/mol. The molecule has 0 heterocycles. The first-order chi connectivity index (χ1) is 14.1. The molecule has 29 heavy (non-hydrogen) atoms. The number of carbonyl (C=O) groups excluding carboxylic acids is 1. The van der Waals surface area contributed by atoms with Gasteiger partial charge in [-0.3, -0.25) is 4.79 Å². The van der Waals surface area contributed by atoms with Gasteiger partial charge in [-0.1, -0.05) is 11.2 Å². The smallest absolute Gasteiger partial charge is 0.261 e. The number of hydrogen-bond donors (Lipinski definition) is 1. The average molecular weight is 402 g/mol. The fourth-order valence-electron chi connectivity index (χ4n) is 2.48. The molecule has 0 saturated heterocycles. The molecular formula is C21H26N2O6. The van der Waals surface area contributed by atoms with Gasteiger partial charge in [-0.2, -0.15) is 0 Å². The molecule has 8 nitrogen and oxygen atoms in total. The Bertz CT molecular complexity index is 838. The van der Waals surface area contributed by atoms with E-state index in [0.29, 0.717) is 36.1 Å². The molecule has 0 aliphatic rings. The number of nitrogens with one attached hydrogen (secondary N) is 1. The summed E-state index contributed by atoms with van der Waals surface area (Å²) in [5.74, 6) is 2.20. The molecule has 2 rings (SSSR count). The molecule has 0 atom stereocenters. The number of hydrogen-bond acceptors (Lipinski definition) is 7. The molecule has 0 aromatic heterocycles. The van der Waals surface area contributed by atoms with E-state index in [1.807, 2.05) is 19.1 Å². The molecule has 0 spiro atoms. The Kier molecular flexibility index (Phi) is 8.62. The second kappa shape index (κ2) is 11.4. The van der Waals surface area contributed by atoms with Crippen LogP contribution in [-0.2, 0) is 16.2 Å². The van der Waals surface area contributed by atoms with Gasteiger partial charge in [0, 0.05) is 12.1 Å². The number of ether oxygens (including phenoxy) is 4. The summed E-state index contributed by atoms with van der Waals surface area (Å²) in [5, 5.41) is 6.57. The number of rotatable bonds is 11. The number of methoxy groups -OCH3 is 3. The van der Waals surface area contributed by atoms with E-state index < -0.39 is 0 Å². The van der Waals surface area contributed by atoms with Crippen LogP contribution in [0.4, 0.5) is 0 Å². The monoisotopic (exact) mass is 402 g/mol. The lowest BCUT2D eigenvalue weighted by molar-refractivity contribution is -0.125. The van der Waals surface area contributed by atoms with E-state index in [4.69, 9.17) is 23.8 Å². The Morgan fingerprint density at radius 1 is 0.966 bits per heavy atom. The maximum absolute atomic E-state index is 11.9. The maximum atomic E-state index is 11.9. The standard InChI is InChI=1S/C21H26N2O6/c1-5-28-18-9-7-16(11-20(18)27-4)13-23-29-14-21(24)22-12-15-6-8-17(25-2)19(10-15)26-3/h6-11,13H,5,12,14H2,1-4H3,(H,22,24)/b23-13+. The van der Waals surface area contributed by atoms with Crippen molar-refractivity contribution in [1.29, 1.82) is 0 Å². The third-order valence-corrected chi connectivity index (χ3v) is 3.90. The van der Waals surface area contributed by atoms with Gasteiger partial charge in [0.15, 0.2) is 29.6 Å². The summed E-state index contributed by atoms with van der Waals surface area (Å²) >= 11 is 0. The molecule has 0 aliphatic heterocycles. The van der Waals surface area contributed by atoms with Gasteiger partial charge in [-0.25, -0.2) is 0 Å².